The molecular formula is C12H14Br2F2. The average molecular weight is 356 g/mol. The van der Waals surface area contributed by atoms with Crippen molar-refractivity contribution >= 4 is 31.9 Å². The summed E-state index contributed by atoms with van der Waals surface area (Å²) in [5.74, 6) is -0.711. The van der Waals surface area contributed by atoms with E-state index in [0.29, 0.717) is 10.9 Å². The predicted molar refractivity (Wildman–Crippen MR) is 69.9 cm³/mol. The monoisotopic (exact) mass is 354 g/mol. The highest BCUT2D eigenvalue weighted by Crippen LogP contribution is 2.27. The molecule has 1 aromatic carbocycles. The minimum absolute atomic E-state index is 0.174. The van der Waals surface area contributed by atoms with E-state index < -0.39 is 11.6 Å². The van der Waals surface area contributed by atoms with Crippen LogP contribution in [-0.2, 0) is 6.42 Å². The Kier molecular flexibility index (Phi) is 5.38. The van der Waals surface area contributed by atoms with Crippen molar-refractivity contribution in [3.63, 3.8) is 0 Å². The predicted octanol–water partition coefficient (Wildman–Crippen LogP) is 5.08. The van der Waals surface area contributed by atoms with Gasteiger partial charge in [-0.05, 0) is 40.4 Å². The quantitative estimate of drug-likeness (QED) is 0.522. The summed E-state index contributed by atoms with van der Waals surface area (Å²) in [5.41, 5.74) is 0.174. The molecule has 0 heterocycles. The molecule has 0 saturated carbocycles. The number of hydrogen-bond donors (Lipinski definition) is 0. The Morgan fingerprint density at radius 2 is 1.94 bits per heavy atom. The van der Waals surface area contributed by atoms with Crippen LogP contribution in [0.5, 0.6) is 0 Å². The van der Waals surface area contributed by atoms with E-state index >= 15 is 0 Å². The van der Waals surface area contributed by atoms with Gasteiger partial charge < -0.3 is 0 Å². The molecule has 0 aromatic heterocycles. The fourth-order valence-corrected chi connectivity index (χ4v) is 2.58. The molecule has 0 radical (unpaired) electrons. The number of alkyl halides is 1. The zero-order valence-electron chi connectivity index (χ0n) is 9.24. The van der Waals surface area contributed by atoms with Crippen LogP contribution in [0.1, 0.15) is 25.8 Å². The SMILES string of the molecule is CCC(Cc1c(F)ccc(Br)c1F)C(C)Br. The van der Waals surface area contributed by atoms with Gasteiger partial charge in [-0.15, -0.1) is 0 Å². The van der Waals surface area contributed by atoms with E-state index in [-0.39, 0.29) is 16.3 Å². The molecule has 1 aromatic rings. The highest BCUT2D eigenvalue weighted by molar-refractivity contribution is 9.10. The van der Waals surface area contributed by atoms with Crippen LogP contribution >= 0.6 is 31.9 Å². The molecule has 0 nitrogen and oxygen atoms in total. The molecule has 90 valence electrons. The molecule has 0 aliphatic rings. The summed E-state index contributed by atoms with van der Waals surface area (Å²) >= 11 is 6.55. The van der Waals surface area contributed by atoms with Crippen molar-refractivity contribution in [3.8, 4) is 0 Å². The van der Waals surface area contributed by atoms with Crippen LogP contribution < -0.4 is 0 Å². The second-order valence-corrected chi connectivity index (χ2v) is 6.17. The first-order valence-corrected chi connectivity index (χ1v) is 6.94. The van der Waals surface area contributed by atoms with Crippen LogP contribution in [0.3, 0.4) is 0 Å². The van der Waals surface area contributed by atoms with Crippen LogP contribution in [0.15, 0.2) is 16.6 Å². The molecule has 0 saturated heterocycles. The fourth-order valence-electron chi connectivity index (χ4n) is 1.65. The van der Waals surface area contributed by atoms with Crippen molar-refractivity contribution in [2.45, 2.75) is 31.5 Å². The van der Waals surface area contributed by atoms with Gasteiger partial charge in [0.15, 0.2) is 0 Å². The summed E-state index contributed by atoms with van der Waals surface area (Å²) in [7, 11) is 0. The Balaban J connectivity index is 3.00. The van der Waals surface area contributed by atoms with Gasteiger partial charge in [0.1, 0.15) is 11.6 Å². The van der Waals surface area contributed by atoms with Crippen molar-refractivity contribution in [2.75, 3.05) is 0 Å². The molecule has 1 rings (SSSR count). The Labute approximate surface area is 112 Å². The molecule has 0 amide bonds. The smallest absolute Gasteiger partial charge is 0.143 e. The molecule has 0 aliphatic carbocycles. The fraction of sp³-hybridized carbons (Fsp3) is 0.500. The summed E-state index contributed by atoms with van der Waals surface area (Å²) in [5, 5.41) is 0. The van der Waals surface area contributed by atoms with E-state index in [1.807, 2.05) is 13.8 Å². The van der Waals surface area contributed by atoms with Crippen molar-refractivity contribution in [1.82, 2.24) is 0 Å². The van der Waals surface area contributed by atoms with Crippen LogP contribution in [0.2, 0.25) is 0 Å². The van der Waals surface area contributed by atoms with Crippen molar-refractivity contribution < 1.29 is 8.78 Å². The second kappa shape index (κ2) is 6.10. The molecule has 16 heavy (non-hydrogen) atoms. The van der Waals surface area contributed by atoms with Gasteiger partial charge in [-0.2, -0.15) is 0 Å². The molecule has 0 bridgehead atoms. The first kappa shape index (κ1) is 14.1. The molecule has 4 heteroatoms. The first-order valence-electron chi connectivity index (χ1n) is 5.23. The van der Waals surface area contributed by atoms with Crippen LogP contribution in [0, 0.1) is 17.6 Å². The van der Waals surface area contributed by atoms with E-state index in [1.54, 1.807) is 0 Å². The van der Waals surface area contributed by atoms with Gasteiger partial charge in [0.25, 0.3) is 0 Å². The molecule has 0 fully saturated rings. The molecule has 2 atom stereocenters. The molecule has 0 N–H and O–H groups in total. The van der Waals surface area contributed by atoms with Crippen LogP contribution in [-0.4, -0.2) is 4.83 Å². The molecule has 0 spiro atoms. The number of halogens is 4. The van der Waals surface area contributed by atoms with Gasteiger partial charge in [0, 0.05) is 10.4 Å². The zero-order valence-corrected chi connectivity index (χ0v) is 12.4. The Bertz CT molecular complexity index is 364. The first-order chi connectivity index (χ1) is 7.47. The minimum Gasteiger partial charge on any atom is -0.207 e. The Morgan fingerprint density at radius 1 is 1.31 bits per heavy atom. The summed E-state index contributed by atoms with van der Waals surface area (Å²) in [6, 6.07) is 2.70. The van der Waals surface area contributed by atoms with Crippen LogP contribution in [0.4, 0.5) is 8.78 Å². The lowest BCUT2D eigenvalue weighted by Crippen LogP contribution is -2.15. The van der Waals surface area contributed by atoms with E-state index in [1.165, 1.54) is 12.1 Å². The summed E-state index contributed by atoms with van der Waals surface area (Å²) in [6.07, 6.45) is 1.30. The lowest BCUT2D eigenvalue weighted by atomic mass is 9.94. The van der Waals surface area contributed by atoms with E-state index in [0.717, 1.165) is 6.42 Å². The van der Waals surface area contributed by atoms with Gasteiger partial charge in [-0.3, -0.25) is 0 Å². The zero-order chi connectivity index (χ0) is 12.3. The molecular weight excluding hydrogens is 342 g/mol. The number of hydrogen-bond acceptors (Lipinski definition) is 0. The van der Waals surface area contributed by atoms with Crippen molar-refractivity contribution in [3.05, 3.63) is 33.8 Å². The van der Waals surface area contributed by atoms with Gasteiger partial charge in [-0.25, -0.2) is 8.78 Å². The molecule has 0 aliphatic heterocycles. The maximum Gasteiger partial charge on any atom is 0.143 e. The van der Waals surface area contributed by atoms with Gasteiger partial charge in [0.2, 0.25) is 0 Å². The van der Waals surface area contributed by atoms with Crippen molar-refractivity contribution in [1.29, 1.82) is 0 Å². The van der Waals surface area contributed by atoms with Gasteiger partial charge in [0.05, 0.1) is 4.47 Å². The third-order valence-corrected chi connectivity index (χ3v) is 4.14. The lowest BCUT2D eigenvalue weighted by Gasteiger charge is -2.18. The van der Waals surface area contributed by atoms with E-state index in [2.05, 4.69) is 31.9 Å². The standard InChI is InChI=1S/C12H14Br2F2/c1-3-8(7(2)13)6-9-11(15)5-4-10(14)12(9)16/h4-5,7-8H,3,6H2,1-2H3. The highest BCUT2D eigenvalue weighted by atomic mass is 79.9. The normalized spacial score (nSPS) is 14.9. The Hall–Kier alpha value is 0.0400. The average Bonchev–Trinajstić information content (AvgIpc) is 2.23. The van der Waals surface area contributed by atoms with Gasteiger partial charge in [-0.1, -0.05) is 36.2 Å². The maximum absolute atomic E-state index is 13.7. The molecule has 2 unspecified atom stereocenters. The lowest BCUT2D eigenvalue weighted by molar-refractivity contribution is 0.468. The Morgan fingerprint density at radius 3 is 2.44 bits per heavy atom. The summed E-state index contributed by atoms with van der Waals surface area (Å²) in [4.78, 5) is 0.246. The van der Waals surface area contributed by atoms with Crippen LogP contribution in [0.25, 0.3) is 0 Å². The maximum atomic E-state index is 13.7. The number of benzene rings is 1. The topological polar surface area (TPSA) is 0 Å². The highest BCUT2D eigenvalue weighted by Gasteiger charge is 2.19. The van der Waals surface area contributed by atoms with E-state index in [4.69, 9.17) is 0 Å². The largest absolute Gasteiger partial charge is 0.207 e. The third-order valence-electron chi connectivity index (χ3n) is 2.78. The minimum atomic E-state index is -0.480. The van der Waals surface area contributed by atoms with E-state index in [9.17, 15) is 8.78 Å². The summed E-state index contributed by atoms with van der Waals surface area (Å²) in [6.45, 7) is 4.03. The van der Waals surface area contributed by atoms with Crippen molar-refractivity contribution in [2.24, 2.45) is 5.92 Å². The number of rotatable bonds is 4. The summed E-state index contributed by atoms with van der Waals surface area (Å²) < 4.78 is 27.6. The third kappa shape index (κ3) is 3.27. The van der Waals surface area contributed by atoms with Gasteiger partial charge >= 0.3 is 0 Å². The second-order valence-electron chi connectivity index (χ2n) is 3.87.